The molecule has 1 aromatic heterocycles. The molecule has 1 aliphatic rings. The highest BCUT2D eigenvalue weighted by Crippen LogP contribution is 2.31. The van der Waals surface area contributed by atoms with Crippen LogP contribution in [-0.2, 0) is 9.59 Å². The summed E-state index contributed by atoms with van der Waals surface area (Å²) < 4.78 is 15.3. The summed E-state index contributed by atoms with van der Waals surface area (Å²) in [6.45, 7) is 3.75. The second kappa shape index (κ2) is 10.6. The molecule has 1 N–H and O–H groups in total. The number of hydrogen-bond donors (Lipinski definition) is 1. The van der Waals surface area contributed by atoms with Gasteiger partial charge >= 0.3 is 6.03 Å². The van der Waals surface area contributed by atoms with Crippen LogP contribution in [0.3, 0.4) is 0 Å². The molecule has 40 heavy (non-hydrogen) atoms. The molecule has 5 rings (SSSR count). The first kappa shape index (κ1) is 26.6. The Labute approximate surface area is 232 Å². The molecule has 3 aromatic carbocycles. The van der Waals surface area contributed by atoms with Crippen molar-refractivity contribution in [3.63, 3.8) is 0 Å². The number of urea groups is 1. The summed E-state index contributed by atoms with van der Waals surface area (Å²) in [5.41, 5.74) is 3.05. The number of rotatable bonds is 6. The fourth-order valence-corrected chi connectivity index (χ4v) is 5.22. The van der Waals surface area contributed by atoms with Crippen molar-refractivity contribution in [2.75, 3.05) is 4.90 Å². The largest absolute Gasteiger partial charge is 0.335 e. The van der Waals surface area contributed by atoms with E-state index >= 15 is 0 Å². The number of barbiturate groups is 1. The molecule has 0 unspecified atom stereocenters. The van der Waals surface area contributed by atoms with Crippen LogP contribution in [0.4, 0.5) is 20.6 Å². The van der Waals surface area contributed by atoms with Crippen LogP contribution in [0, 0.1) is 29.8 Å². The number of nitrogens with one attached hydrogen (secondary N) is 1. The fourth-order valence-electron chi connectivity index (χ4n) is 4.40. The third kappa shape index (κ3) is 5.14. The van der Waals surface area contributed by atoms with Crippen LogP contribution in [0.15, 0.2) is 94.2 Å². The van der Waals surface area contributed by atoms with Gasteiger partial charge in [-0.25, -0.2) is 14.1 Å². The van der Waals surface area contributed by atoms with Crippen molar-refractivity contribution >= 4 is 47.1 Å². The van der Waals surface area contributed by atoms with Gasteiger partial charge in [-0.3, -0.25) is 25.0 Å². The van der Waals surface area contributed by atoms with Crippen LogP contribution in [0.2, 0.25) is 0 Å². The average Bonchev–Trinajstić information content (AvgIpc) is 3.20. The number of aromatic nitrogens is 1. The van der Waals surface area contributed by atoms with Crippen molar-refractivity contribution in [1.29, 1.82) is 0 Å². The maximum Gasteiger partial charge on any atom is 0.335 e. The molecule has 0 aliphatic carbocycles. The number of nitro benzene ring substituents is 1. The van der Waals surface area contributed by atoms with Gasteiger partial charge in [-0.05, 0) is 92.2 Å². The number of non-ortho nitro benzene ring substituents is 1. The van der Waals surface area contributed by atoms with Gasteiger partial charge in [-0.1, -0.05) is 11.8 Å². The number of carbonyl (C=O) groups excluding carboxylic acids is 3. The minimum atomic E-state index is -0.907. The molecule has 9 nitrogen and oxygen atoms in total. The highest BCUT2D eigenvalue weighted by Gasteiger charge is 2.37. The molecular formula is C29H21FN4O5S. The Bertz CT molecular complexity index is 1690. The molecule has 0 spiro atoms. The number of aryl methyl sites for hydroxylation is 1. The second-order valence-electron chi connectivity index (χ2n) is 8.94. The fraction of sp³-hybridized carbons (Fsp3) is 0.0690. The quantitative estimate of drug-likeness (QED) is 0.136. The zero-order valence-electron chi connectivity index (χ0n) is 21.3. The molecule has 0 bridgehead atoms. The summed E-state index contributed by atoms with van der Waals surface area (Å²) in [5, 5.41) is 13.0. The molecule has 200 valence electrons. The summed E-state index contributed by atoms with van der Waals surface area (Å²) >= 11 is 1.47. The molecule has 0 radical (unpaired) electrons. The van der Waals surface area contributed by atoms with Crippen LogP contribution in [0.25, 0.3) is 11.8 Å². The summed E-state index contributed by atoms with van der Waals surface area (Å²) in [6, 6.07) is 19.8. The predicted octanol–water partition coefficient (Wildman–Crippen LogP) is 5.96. The van der Waals surface area contributed by atoms with Gasteiger partial charge in [0.1, 0.15) is 11.4 Å². The van der Waals surface area contributed by atoms with E-state index in [2.05, 4.69) is 5.32 Å². The molecule has 1 saturated heterocycles. The first-order chi connectivity index (χ1) is 19.1. The average molecular weight is 557 g/mol. The van der Waals surface area contributed by atoms with Gasteiger partial charge in [0.25, 0.3) is 17.5 Å². The topological polar surface area (TPSA) is 115 Å². The number of nitrogens with zero attached hydrogens (tertiary/aromatic N) is 3. The van der Waals surface area contributed by atoms with Gasteiger partial charge in [-0.15, -0.1) is 0 Å². The van der Waals surface area contributed by atoms with Gasteiger partial charge in [-0.2, -0.15) is 0 Å². The number of halogens is 1. The minimum absolute atomic E-state index is 0.0335. The van der Waals surface area contributed by atoms with Crippen molar-refractivity contribution in [2.45, 2.75) is 23.6 Å². The minimum Gasteiger partial charge on any atom is -0.318 e. The normalized spacial score (nSPS) is 14.5. The molecule has 0 saturated carbocycles. The van der Waals surface area contributed by atoms with Crippen molar-refractivity contribution in [3.05, 3.63) is 117 Å². The van der Waals surface area contributed by atoms with Gasteiger partial charge in [0, 0.05) is 39.0 Å². The van der Waals surface area contributed by atoms with E-state index < -0.39 is 28.6 Å². The lowest BCUT2D eigenvalue weighted by Crippen LogP contribution is -2.54. The highest BCUT2D eigenvalue weighted by molar-refractivity contribution is 7.99. The van der Waals surface area contributed by atoms with Crippen LogP contribution < -0.4 is 10.2 Å². The zero-order valence-corrected chi connectivity index (χ0v) is 22.1. The lowest BCUT2D eigenvalue weighted by atomic mass is 10.1. The lowest BCUT2D eigenvalue weighted by Gasteiger charge is -2.26. The Morgan fingerprint density at radius 1 is 0.875 bits per heavy atom. The summed E-state index contributed by atoms with van der Waals surface area (Å²) in [7, 11) is 0. The third-order valence-corrected chi connectivity index (χ3v) is 7.35. The van der Waals surface area contributed by atoms with Gasteiger partial charge in [0.2, 0.25) is 0 Å². The number of hydrogen-bond acceptors (Lipinski definition) is 6. The Hall–Kier alpha value is -5.03. The monoisotopic (exact) mass is 556 g/mol. The van der Waals surface area contributed by atoms with E-state index in [0.717, 1.165) is 43.9 Å². The number of benzene rings is 3. The van der Waals surface area contributed by atoms with Gasteiger partial charge < -0.3 is 4.57 Å². The number of amides is 4. The standard InChI is InChI=1S/C29H21FN4O5S/c1-17-15-19(16-26-27(35)31-29(37)33(28(26)36)22-5-3-20(30)4-6-22)18(2)32(17)21-7-11-24(12-8-21)40-25-13-9-23(10-14-25)34(38)39/h3-16H,1-2H3,(H,31,35,37)/b26-16+. The lowest BCUT2D eigenvalue weighted by molar-refractivity contribution is -0.384. The van der Waals surface area contributed by atoms with Crippen molar-refractivity contribution in [2.24, 2.45) is 0 Å². The van der Waals surface area contributed by atoms with Crippen molar-refractivity contribution in [1.82, 2.24) is 9.88 Å². The SMILES string of the molecule is Cc1cc(/C=C2\C(=O)NC(=O)N(c3ccc(F)cc3)C2=O)c(C)n1-c1ccc(Sc2ccc([N+](=O)[O-])cc2)cc1. The van der Waals surface area contributed by atoms with E-state index in [1.54, 1.807) is 12.1 Å². The summed E-state index contributed by atoms with van der Waals surface area (Å²) in [6.07, 6.45) is 1.44. The summed E-state index contributed by atoms with van der Waals surface area (Å²) in [5.74, 6) is -2.14. The van der Waals surface area contributed by atoms with E-state index in [1.165, 1.54) is 42.1 Å². The maximum atomic E-state index is 13.4. The molecule has 1 aliphatic heterocycles. The van der Waals surface area contributed by atoms with E-state index in [-0.39, 0.29) is 16.9 Å². The number of imide groups is 2. The molecule has 4 aromatic rings. The first-order valence-corrected chi connectivity index (χ1v) is 12.8. The molecule has 1 fully saturated rings. The number of nitro groups is 1. The Kier molecular flexibility index (Phi) is 7.05. The van der Waals surface area contributed by atoms with Crippen molar-refractivity contribution in [3.8, 4) is 5.69 Å². The predicted molar refractivity (Wildman–Crippen MR) is 148 cm³/mol. The molecular weight excluding hydrogens is 535 g/mol. The van der Waals surface area contributed by atoms with E-state index in [1.807, 2.05) is 48.7 Å². The molecule has 0 atom stereocenters. The van der Waals surface area contributed by atoms with E-state index in [4.69, 9.17) is 0 Å². The molecule has 11 heteroatoms. The molecule has 4 amide bonds. The van der Waals surface area contributed by atoms with Crippen LogP contribution in [0.1, 0.15) is 17.0 Å². The van der Waals surface area contributed by atoms with E-state index in [0.29, 0.717) is 5.56 Å². The first-order valence-electron chi connectivity index (χ1n) is 12.0. The van der Waals surface area contributed by atoms with Crippen molar-refractivity contribution < 1.29 is 23.7 Å². The van der Waals surface area contributed by atoms with Gasteiger partial charge in [0.05, 0.1) is 10.6 Å². The summed E-state index contributed by atoms with van der Waals surface area (Å²) in [4.78, 5) is 51.3. The van der Waals surface area contributed by atoms with Gasteiger partial charge in [0.15, 0.2) is 0 Å². The zero-order chi connectivity index (χ0) is 28.6. The molecule has 2 heterocycles. The smallest absolute Gasteiger partial charge is 0.318 e. The second-order valence-corrected chi connectivity index (χ2v) is 10.1. The Balaban J connectivity index is 1.41. The third-order valence-electron chi connectivity index (χ3n) is 6.33. The Morgan fingerprint density at radius 3 is 2.05 bits per heavy atom. The maximum absolute atomic E-state index is 13.4. The van der Waals surface area contributed by atoms with Crippen LogP contribution >= 0.6 is 11.8 Å². The number of carbonyl (C=O) groups is 3. The van der Waals surface area contributed by atoms with Crippen LogP contribution in [-0.4, -0.2) is 27.3 Å². The highest BCUT2D eigenvalue weighted by atomic mass is 32.2. The van der Waals surface area contributed by atoms with Crippen LogP contribution in [0.5, 0.6) is 0 Å². The number of anilines is 1. The van der Waals surface area contributed by atoms with E-state index in [9.17, 15) is 28.9 Å². The Morgan fingerprint density at radius 2 is 1.45 bits per heavy atom.